The van der Waals surface area contributed by atoms with Crippen LogP contribution in [0.5, 0.6) is 0 Å². The molecule has 2 aromatic heterocycles. The highest BCUT2D eigenvalue weighted by Crippen LogP contribution is 2.46. The number of imidazole rings is 1. The maximum Gasteiger partial charge on any atom is 0.384 e. The summed E-state index contributed by atoms with van der Waals surface area (Å²) >= 11 is 0. The van der Waals surface area contributed by atoms with E-state index in [2.05, 4.69) is 15.0 Å². The van der Waals surface area contributed by atoms with Crippen LogP contribution in [0.15, 0.2) is 24.3 Å². The SMILES string of the molecule is Nc1ncnc2c1ncn2C1OC(/C=C(\F)P(=O)(O)O)C(O)C1O. The average molecular weight is 361 g/mol. The maximum atomic E-state index is 13.4. The van der Waals surface area contributed by atoms with Crippen molar-refractivity contribution in [3.8, 4) is 0 Å². The number of nitrogens with two attached hydrogens (primary N) is 1. The van der Waals surface area contributed by atoms with Crippen LogP contribution in [0.2, 0.25) is 0 Å². The number of hydrogen-bond acceptors (Lipinski definition) is 8. The van der Waals surface area contributed by atoms with E-state index in [0.29, 0.717) is 6.08 Å². The Hall–Kier alpha value is -1.95. The van der Waals surface area contributed by atoms with E-state index in [4.69, 9.17) is 20.3 Å². The summed E-state index contributed by atoms with van der Waals surface area (Å²) in [5.41, 5.74) is 4.33. The minimum absolute atomic E-state index is 0.0933. The third kappa shape index (κ3) is 2.79. The standard InChI is InChI=1S/C11H13FN5O6P/c12-5(24(20,21)22)1-4-7(18)8(19)11(23-4)17-3-16-6-9(13)14-2-15-10(6)17/h1-4,7-8,11,18-19H,(H2,13,14,15)(H2,20,21,22)/b5-1+. The van der Waals surface area contributed by atoms with Crippen LogP contribution in [0.3, 0.4) is 0 Å². The van der Waals surface area contributed by atoms with Crippen molar-refractivity contribution in [3.63, 3.8) is 0 Å². The van der Waals surface area contributed by atoms with Gasteiger partial charge in [0.2, 0.25) is 5.57 Å². The van der Waals surface area contributed by atoms with Crippen molar-refractivity contribution < 1.29 is 33.7 Å². The zero-order chi connectivity index (χ0) is 17.6. The number of aliphatic hydroxyl groups is 2. The molecule has 2 aromatic rings. The predicted octanol–water partition coefficient (Wildman–Crippen LogP) is -0.984. The Balaban J connectivity index is 1.95. The van der Waals surface area contributed by atoms with Crippen molar-refractivity contribution in [2.45, 2.75) is 24.5 Å². The molecule has 6 N–H and O–H groups in total. The smallest absolute Gasteiger partial charge is 0.384 e. The Bertz CT molecular complexity index is 853. The van der Waals surface area contributed by atoms with Crippen molar-refractivity contribution in [2.24, 2.45) is 0 Å². The van der Waals surface area contributed by atoms with Gasteiger partial charge in [0.15, 0.2) is 17.7 Å². The van der Waals surface area contributed by atoms with Crippen LogP contribution in [0.1, 0.15) is 6.23 Å². The van der Waals surface area contributed by atoms with E-state index < -0.39 is 37.7 Å². The highest BCUT2D eigenvalue weighted by atomic mass is 31.2. The average Bonchev–Trinajstić information content (AvgIpc) is 3.04. The van der Waals surface area contributed by atoms with Gasteiger partial charge in [-0.15, -0.1) is 0 Å². The Kier molecular flexibility index (Phi) is 4.11. The van der Waals surface area contributed by atoms with Gasteiger partial charge in [-0.05, 0) is 6.08 Å². The molecule has 0 bridgehead atoms. The topological polar surface area (TPSA) is 177 Å². The number of nitrogen functional groups attached to an aromatic ring is 1. The normalized spacial score (nSPS) is 28.6. The van der Waals surface area contributed by atoms with Gasteiger partial charge in [0.05, 0.1) is 6.33 Å². The number of nitrogens with zero attached hydrogens (tertiary/aromatic N) is 4. The summed E-state index contributed by atoms with van der Waals surface area (Å²) < 4.78 is 30.8. The van der Waals surface area contributed by atoms with Crippen LogP contribution in [0, 0.1) is 0 Å². The monoisotopic (exact) mass is 361 g/mol. The van der Waals surface area contributed by atoms with Crippen LogP contribution >= 0.6 is 7.60 Å². The lowest BCUT2D eigenvalue weighted by Crippen LogP contribution is -2.30. The van der Waals surface area contributed by atoms with Crippen LogP contribution < -0.4 is 5.73 Å². The second-order valence-corrected chi connectivity index (χ2v) is 6.60. The summed E-state index contributed by atoms with van der Waals surface area (Å²) in [4.78, 5) is 29.2. The first-order valence-electron chi connectivity index (χ1n) is 6.58. The molecule has 3 heterocycles. The molecule has 130 valence electrons. The van der Waals surface area contributed by atoms with E-state index in [-0.39, 0.29) is 17.0 Å². The Morgan fingerprint density at radius 3 is 2.71 bits per heavy atom. The molecule has 1 aliphatic heterocycles. The fourth-order valence-corrected chi connectivity index (χ4v) is 2.68. The molecule has 4 unspecified atom stereocenters. The van der Waals surface area contributed by atoms with Crippen molar-refractivity contribution >= 4 is 24.6 Å². The lowest BCUT2D eigenvalue weighted by Gasteiger charge is -2.16. The van der Waals surface area contributed by atoms with E-state index in [9.17, 15) is 19.2 Å². The minimum atomic E-state index is -5.12. The minimum Gasteiger partial charge on any atom is -0.387 e. The third-order valence-electron chi connectivity index (χ3n) is 3.52. The molecule has 0 aliphatic carbocycles. The fraction of sp³-hybridized carbons (Fsp3) is 0.364. The number of ether oxygens (including phenoxy) is 1. The molecule has 1 aliphatic rings. The van der Waals surface area contributed by atoms with Crippen molar-refractivity contribution in [3.05, 3.63) is 24.3 Å². The first-order chi connectivity index (χ1) is 11.2. The second kappa shape index (κ2) is 5.84. The summed E-state index contributed by atoms with van der Waals surface area (Å²) in [6, 6.07) is 0. The zero-order valence-electron chi connectivity index (χ0n) is 11.8. The zero-order valence-corrected chi connectivity index (χ0v) is 12.7. The number of fused-ring (bicyclic) bond motifs is 1. The molecule has 4 atom stereocenters. The molecule has 1 fully saturated rings. The van der Waals surface area contributed by atoms with E-state index in [1.54, 1.807) is 0 Å². The van der Waals surface area contributed by atoms with Gasteiger partial charge in [-0.25, -0.2) is 15.0 Å². The largest absolute Gasteiger partial charge is 0.387 e. The van der Waals surface area contributed by atoms with Crippen LogP contribution in [0.25, 0.3) is 11.2 Å². The second-order valence-electron chi connectivity index (χ2n) is 5.09. The van der Waals surface area contributed by atoms with Crippen molar-refractivity contribution in [1.82, 2.24) is 19.5 Å². The van der Waals surface area contributed by atoms with Crippen LogP contribution in [-0.4, -0.2) is 57.8 Å². The molecule has 0 spiro atoms. The van der Waals surface area contributed by atoms with Gasteiger partial charge in [-0.3, -0.25) is 9.13 Å². The molecule has 13 heteroatoms. The Morgan fingerprint density at radius 1 is 1.33 bits per heavy atom. The molecule has 3 rings (SSSR count). The van der Waals surface area contributed by atoms with E-state index in [1.165, 1.54) is 17.2 Å². The van der Waals surface area contributed by atoms with Gasteiger partial charge < -0.3 is 30.5 Å². The summed E-state index contributed by atoms with van der Waals surface area (Å²) in [7, 11) is -5.12. The van der Waals surface area contributed by atoms with Gasteiger partial charge in [-0.2, -0.15) is 4.39 Å². The summed E-state index contributed by atoms with van der Waals surface area (Å²) in [5, 5.41) is 20.0. The van der Waals surface area contributed by atoms with Crippen LogP contribution in [-0.2, 0) is 9.30 Å². The third-order valence-corrected chi connectivity index (χ3v) is 4.22. The molecule has 0 saturated carbocycles. The molecular weight excluding hydrogens is 348 g/mol. The molecular formula is C11H13FN5O6P. The maximum absolute atomic E-state index is 13.4. The van der Waals surface area contributed by atoms with E-state index in [0.717, 1.165) is 0 Å². The van der Waals surface area contributed by atoms with Crippen molar-refractivity contribution in [1.29, 1.82) is 0 Å². The Labute approximate surface area is 133 Å². The lowest BCUT2D eigenvalue weighted by molar-refractivity contribution is -0.0246. The van der Waals surface area contributed by atoms with E-state index in [1.807, 2.05) is 0 Å². The molecule has 0 aromatic carbocycles. The van der Waals surface area contributed by atoms with Gasteiger partial charge in [0.1, 0.15) is 30.2 Å². The van der Waals surface area contributed by atoms with Gasteiger partial charge >= 0.3 is 7.60 Å². The number of halogens is 1. The van der Waals surface area contributed by atoms with Crippen LogP contribution in [0.4, 0.5) is 10.2 Å². The number of aromatic nitrogens is 4. The summed E-state index contributed by atoms with van der Waals surface area (Å²) in [6.07, 6.45) is -3.01. The highest BCUT2D eigenvalue weighted by Gasteiger charge is 2.44. The highest BCUT2D eigenvalue weighted by molar-refractivity contribution is 7.56. The first kappa shape index (κ1) is 16.9. The predicted molar refractivity (Wildman–Crippen MR) is 76.9 cm³/mol. The molecule has 11 nitrogen and oxygen atoms in total. The van der Waals surface area contributed by atoms with Gasteiger partial charge in [-0.1, -0.05) is 0 Å². The summed E-state index contributed by atoms with van der Waals surface area (Å²) in [6.45, 7) is 0. The van der Waals surface area contributed by atoms with Gasteiger partial charge in [0.25, 0.3) is 0 Å². The Morgan fingerprint density at radius 2 is 2.04 bits per heavy atom. The number of rotatable bonds is 3. The fourth-order valence-electron chi connectivity index (χ4n) is 2.34. The van der Waals surface area contributed by atoms with Gasteiger partial charge in [0, 0.05) is 0 Å². The summed E-state index contributed by atoms with van der Waals surface area (Å²) in [5.74, 6) is 0.0933. The lowest BCUT2D eigenvalue weighted by atomic mass is 10.1. The number of aliphatic hydroxyl groups excluding tert-OH is 2. The molecule has 24 heavy (non-hydrogen) atoms. The van der Waals surface area contributed by atoms with E-state index >= 15 is 0 Å². The first-order valence-corrected chi connectivity index (χ1v) is 8.19. The number of anilines is 1. The van der Waals surface area contributed by atoms with Crippen molar-refractivity contribution in [2.75, 3.05) is 5.73 Å². The molecule has 1 saturated heterocycles. The molecule has 0 amide bonds. The quantitative estimate of drug-likeness (QED) is 0.427. The number of hydrogen-bond donors (Lipinski definition) is 5. The molecule has 0 radical (unpaired) electrons.